The predicted octanol–water partition coefficient (Wildman–Crippen LogP) is 5.87. The van der Waals surface area contributed by atoms with Crippen molar-refractivity contribution in [1.29, 1.82) is 0 Å². The van der Waals surface area contributed by atoms with Crippen LogP contribution in [0.25, 0.3) is 0 Å². The van der Waals surface area contributed by atoms with Gasteiger partial charge in [0.15, 0.2) is 0 Å². The van der Waals surface area contributed by atoms with Gasteiger partial charge in [0.1, 0.15) is 12.4 Å². The van der Waals surface area contributed by atoms with Crippen LogP contribution in [0.4, 0.5) is 0 Å². The molecule has 2 aromatic carbocycles. The third-order valence-corrected chi connectivity index (χ3v) is 8.47. The number of benzene rings is 2. The SMILES string of the molecule is CCNC(=O)[C@H]1CC[C@@]2(C)CC[C@@H]3c4ccc(OCc5ccccc5)cc4CC[C@H]3[C@H]12. The lowest BCUT2D eigenvalue weighted by atomic mass is 9.54. The van der Waals surface area contributed by atoms with Crippen LogP contribution in [0.15, 0.2) is 48.5 Å². The van der Waals surface area contributed by atoms with Gasteiger partial charge in [-0.1, -0.05) is 43.3 Å². The number of hydrogen-bond donors (Lipinski definition) is 1. The van der Waals surface area contributed by atoms with Gasteiger partial charge in [0.05, 0.1) is 0 Å². The fourth-order valence-electron chi connectivity index (χ4n) is 7.05. The smallest absolute Gasteiger partial charge is 0.223 e. The van der Waals surface area contributed by atoms with Gasteiger partial charge in [-0.25, -0.2) is 0 Å². The summed E-state index contributed by atoms with van der Waals surface area (Å²) in [6.45, 7) is 5.84. The number of aryl methyl sites for hydroxylation is 1. The minimum absolute atomic E-state index is 0.202. The highest BCUT2D eigenvalue weighted by Crippen LogP contribution is 2.62. The molecule has 3 aliphatic carbocycles. The topological polar surface area (TPSA) is 38.3 Å². The van der Waals surface area contributed by atoms with Crippen LogP contribution in [0, 0.1) is 23.2 Å². The number of amides is 1. The second-order valence-electron chi connectivity index (χ2n) is 10.2. The molecular formula is C28H35NO2. The molecule has 0 saturated heterocycles. The summed E-state index contributed by atoms with van der Waals surface area (Å²) < 4.78 is 6.10. The van der Waals surface area contributed by atoms with Crippen molar-refractivity contribution in [3.63, 3.8) is 0 Å². The molecule has 2 saturated carbocycles. The molecule has 0 unspecified atom stereocenters. The first-order chi connectivity index (χ1) is 15.1. The second kappa shape index (κ2) is 8.33. The van der Waals surface area contributed by atoms with Gasteiger partial charge in [-0.15, -0.1) is 0 Å². The van der Waals surface area contributed by atoms with Gasteiger partial charge in [-0.05, 0) is 97.4 Å². The largest absolute Gasteiger partial charge is 0.489 e. The fourth-order valence-corrected chi connectivity index (χ4v) is 7.05. The van der Waals surface area contributed by atoms with Crippen LogP contribution >= 0.6 is 0 Å². The van der Waals surface area contributed by atoms with E-state index >= 15 is 0 Å². The van der Waals surface area contributed by atoms with Gasteiger partial charge >= 0.3 is 0 Å². The Hall–Kier alpha value is -2.29. The molecule has 3 aliphatic rings. The van der Waals surface area contributed by atoms with Crippen molar-refractivity contribution in [2.75, 3.05) is 6.54 Å². The summed E-state index contributed by atoms with van der Waals surface area (Å²) in [5, 5.41) is 3.13. The molecule has 0 heterocycles. The highest BCUT2D eigenvalue weighted by molar-refractivity contribution is 5.79. The third kappa shape index (κ3) is 3.77. The Balaban J connectivity index is 1.35. The molecule has 0 aliphatic heterocycles. The van der Waals surface area contributed by atoms with Crippen LogP contribution in [-0.2, 0) is 17.8 Å². The first kappa shape index (κ1) is 20.6. The summed E-state index contributed by atoms with van der Waals surface area (Å²) in [6, 6.07) is 17.1. The maximum atomic E-state index is 12.9. The highest BCUT2D eigenvalue weighted by Gasteiger charge is 2.56. The predicted molar refractivity (Wildman–Crippen MR) is 124 cm³/mol. The zero-order valence-corrected chi connectivity index (χ0v) is 18.9. The van der Waals surface area contributed by atoms with E-state index in [2.05, 4.69) is 54.7 Å². The fraction of sp³-hybridized carbons (Fsp3) is 0.536. The summed E-state index contributed by atoms with van der Waals surface area (Å²) in [7, 11) is 0. The van der Waals surface area contributed by atoms with Crippen molar-refractivity contribution in [3.8, 4) is 5.75 Å². The Labute approximate surface area is 186 Å². The molecule has 31 heavy (non-hydrogen) atoms. The highest BCUT2D eigenvalue weighted by atomic mass is 16.5. The standard InChI is InChI=1S/C28H35NO2/c1-3-29-27(30)25-14-16-28(2)15-13-23-22-12-10-21(31-18-19-7-5-4-6-8-19)17-20(22)9-11-24(23)26(25)28/h4-8,10,12,17,23-26H,3,9,11,13-16,18H2,1-2H3,(H,29,30)/t23-,24-,25+,26-,28-/m1/s1. The van der Waals surface area contributed by atoms with E-state index in [-0.39, 0.29) is 5.92 Å². The van der Waals surface area contributed by atoms with Crippen LogP contribution in [0.3, 0.4) is 0 Å². The molecule has 0 radical (unpaired) electrons. The molecule has 1 N–H and O–H groups in total. The van der Waals surface area contributed by atoms with Gasteiger partial charge in [-0.2, -0.15) is 0 Å². The van der Waals surface area contributed by atoms with Crippen LogP contribution in [0.5, 0.6) is 5.75 Å². The minimum atomic E-state index is 0.202. The van der Waals surface area contributed by atoms with E-state index in [0.29, 0.717) is 35.7 Å². The molecule has 2 fully saturated rings. The Bertz CT molecular complexity index is 939. The molecule has 5 rings (SSSR count). The van der Waals surface area contributed by atoms with E-state index in [1.807, 2.05) is 13.0 Å². The lowest BCUT2D eigenvalue weighted by Crippen LogP contribution is -2.45. The van der Waals surface area contributed by atoms with Crippen molar-refractivity contribution < 1.29 is 9.53 Å². The van der Waals surface area contributed by atoms with Gasteiger partial charge in [0.25, 0.3) is 0 Å². The first-order valence-corrected chi connectivity index (χ1v) is 12.2. The van der Waals surface area contributed by atoms with Gasteiger partial charge < -0.3 is 10.1 Å². The summed E-state index contributed by atoms with van der Waals surface area (Å²) in [6.07, 6.45) is 7.10. The lowest BCUT2D eigenvalue weighted by Gasteiger charge is -2.50. The van der Waals surface area contributed by atoms with Crippen LogP contribution < -0.4 is 10.1 Å². The molecule has 2 aromatic rings. The Morgan fingerprint density at radius 1 is 1.10 bits per heavy atom. The molecule has 0 bridgehead atoms. The number of ether oxygens (including phenoxy) is 1. The van der Waals surface area contributed by atoms with Crippen LogP contribution in [0.2, 0.25) is 0 Å². The van der Waals surface area contributed by atoms with Gasteiger partial charge in [0.2, 0.25) is 5.91 Å². The van der Waals surface area contributed by atoms with Crippen molar-refractivity contribution in [2.24, 2.45) is 23.2 Å². The van der Waals surface area contributed by atoms with Crippen molar-refractivity contribution >= 4 is 5.91 Å². The minimum Gasteiger partial charge on any atom is -0.489 e. The monoisotopic (exact) mass is 417 g/mol. The van der Waals surface area contributed by atoms with E-state index in [1.54, 1.807) is 0 Å². The van der Waals surface area contributed by atoms with Crippen molar-refractivity contribution in [2.45, 2.75) is 64.9 Å². The van der Waals surface area contributed by atoms with E-state index in [9.17, 15) is 4.79 Å². The average Bonchev–Trinajstić information content (AvgIpc) is 3.16. The zero-order valence-electron chi connectivity index (χ0n) is 18.9. The Morgan fingerprint density at radius 2 is 1.90 bits per heavy atom. The van der Waals surface area contributed by atoms with Crippen LogP contribution in [0.1, 0.15) is 68.6 Å². The van der Waals surface area contributed by atoms with Crippen LogP contribution in [-0.4, -0.2) is 12.5 Å². The third-order valence-electron chi connectivity index (χ3n) is 8.47. The van der Waals surface area contributed by atoms with E-state index < -0.39 is 0 Å². The lowest BCUT2D eigenvalue weighted by molar-refractivity contribution is -0.128. The molecule has 5 atom stereocenters. The molecule has 164 valence electrons. The molecule has 1 amide bonds. The Kier molecular flexibility index (Phi) is 5.54. The first-order valence-electron chi connectivity index (χ1n) is 12.2. The van der Waals surface area contributed by atoms with E-state index in [4.69, 9.17) is 4.74 Å². The maximum Gasteiger partial charge on any atom is 0.223 e. The number of carbonyl (C=O) groups excluding carboxylic acids is 1. The molecule has 3 heteroatoms. The number of hydrogen-bond acceptors (Lipinski definition) is 2. The second-order valence-corrected chi connectivity index (χ2v) is 10.2. The number of carbonyl (C=O) groups is 1. The molecule has 0 spiro atoms. The number of nitrogens with one attached hydrogen (secondary N) is 1. The summed E-state index contributed by atoms with van der Waals surface area (Å²) in [5.74, 6) is 3.24. The molecule has 0 aromatic heterocycles. The number of fused-ring (bicyclic) bond motifs is 5. The molecule has 3 nitrogen and oxygen atoms in total. The number of rotatable bonds is 5. The normalized spacial score (nSPS) is 31.3. The quantitative estimate of drug-likeness (QED) is 0.660. The molecular weight excluding hydrogens is 382 g/mol. The summed E-state index contributed by atoms with van der Waals surface area (Å²) in [4.78, 5) is 12.9. The maximum absolute atomic E-state index is 12.9. The van der Waals surface area contributed by atoms with E-state index in [1.165, 1.54) is 42.4 Å². The van der Waals surface area contributed by atoms with E-state index in [0.717, 1.165) is 25.1 Å². The van der Waals surface area contributed by atoms with Gasteiger partial charge in [-0.3, -0.25) is 4.79 Å². The summed E-state index contributed by atoms with van der Waals surface area (Å²) in [5.41, 5.74) is 4.52. The van der Waals surface area contributed by atoms with Gasteiger partial charge in [0, 0.05) is 12.5 Å². The zero-order chi connectivity index (χ0) is 21.4. The van der Waals surface area contributed by atoms with Crippen molar-refractivity contribution in [3.05, 3.63) is 65.2 Å². The Morgan fingerprint density at radius 3 is 2.71 bits per heavy atom. The van der Waals surface area contributed by atoms with Crippen molar-refractivity contribution in [1.82, 2.24) is 5.32 Å². The summed E-state index contributed by atoms with van der Waals surface area (Å²) >= 11 is 0. The average molecular weight is 418 g/mol.